The first-order chi connectivity index (χ1) is 10.7. The predicted molar refractivity (Wildman–Crippen MR) is 81.8 cm³/mol. The van der Waals surface area contributed by atoms with E-state index in [0.29, 0.717) is 6.04 Å². The number of primary amides is 1. The SMILES string of the molecule is CC[C@H](c1nnnn1C1CCCC1)N1CCC(C(N)=O)CC1. The van der Waals surface area contributed by atoms with Crippen LogP contribution >= 0.6 is 0 Å². The molecule has 1 aliphatic heterocycles. The van der Waals surface area contributed by atoms with Gasteiger partial charge in [0.15, 0.2) is 5.82 Å². The van der Waals surface area contributed by atoms with Crippen molar-refractivity contribution in [3.8, 4) is 0 Å². The van der Waals surface area contributed by atoms with Crippen molar-refractivity contribution in [3.05, 3.63) is 5.82 Å². The van der Waals surface area contributed by atoms with Crippen molar-refractivity contribution >= 4 is 5.91 Å². The van der Waals surface area contributed by atoms with Gasteiger partial charge in [-0.3, -0.25) is 9.69 Å². The highest BCUT2D eigenvalue weighted by Gasteiger charge is 2.32. The van der Waals surface area contributed by atoms with E-state index in [1.54, 1.807) is 0 Å². The molecule has 1 saturated heterocycles. The Bertz CT molecular complexity index is 502. The second kappa shape index (κ2) is 6.73. The molecule has 0 aromatic carbocycles. The largest absolute Gasteiger partial charge is 0.369 e. The number of piperidine rings is 1. The van der Waals surface area contributed by atoms with Gasteiger partial charge >= 0.3 is 0 Å². The third kappa shape index (κ3) is 2.99. The minimum absolute atomic E-state index is 0.0274. The van der Waals surface area contributed by atoms with Gasteiger partial charge in [-0.2, -0.15) is 0 Å². The van der Waals surface area contributed by atoms with Crippen LogP contribution in [0.15, 0.2) is 0 Å². The van der Waals surface area contributed by atoms with E-state index in [9.17, 15) is 4.79 Å². The second-order valence-corrected chi connectivity index (χ2v) is 6.56. The summed E-state index contributed by atoms with van der Waals surface area (Å²) in [6.07, 6.45) is 7.56. The molecule has 1 saturated carbocycles. The lowest BCUT2D eigenvalue weighted by atomic mass is 9.94. The molecule has 2 fully saturated rings. The lowest BCUT2D eigenvalue weighted by Gasteiger charge is -2.36. The Balaban J connectivity index is 1.72. The van der Waals surface area contributed by atoms with Crippen molar-refractivity contribution in [2.24, 2.45) is 11.7 Å². The number of nitrogens with two attached hydrogens (primary N) is 1. The summed E-state index contributed by atoms with van der Waals surface area (Å²) in [5.41, 5.74) is 5.43. The van der Waals surface area contributed by atoms with E-state index in [1.165, 1.54) is 25.7 Å². The number of amides is 1. The summed E-state index contributed by atoms with van der Waals surface area (Å²) >= 11 is 0. The van der Waals surface area contributed by atoms with Crippen molar-refractivity contribution in [2.45, 2.75) is 64.0 Å². The maximum atomic E-state index is 11.3. The number of carbonyl (C=O) groups excluding carboxylic acids is 1. The van der Waals surface area contributed by atoms with E-state index in [2.05, 4.69) is 32.0 Å². The number of rotatable bonds is 5. The molecule has 1 aromatic rings. The fourth-order valence-corrected chi connectivity index (χ4v) is 3.93. The highest BCUT2D eigenvalue weighted by atomic mass is 16.1. The number of aromatic nitrogens is 4. The summed E-state index contributed by atoms with van der Waals surface area (Å²) in [6.45, 7) is 3.96. The Kier molecular flexibility index (Phi) is 4.71. The van der Waals surface area contributed by atoms with Crippen LogP contribution in [0.2, 0.25) is 0 Å². The van der Waals surface area contributed by atoms with Crippen molar-refractivity contribution in [1.82, 2.24) is 25.1 Å². The Hall–Kier alpha value is -1.50. The average Bonchev–Trinajstić information content (AvgIpc) is 3.19. The number of hydrogen-bond donors (Lipinski definition) is 1. The molecule has 0 unspecified atom stereocenters. The van der Waals surface area contributed by atoms with Gasteiger partial charge in [-0.05, 0) is 55.6 Å². The average molecular weight is 306 g/mol. The molecule has 2 heterocycles. The monoisotopic (exact) mass is 306 g/mol. The summed E-state index contributed by atoms with van der Waals surface area (Å²) in [6, 6.07) is 0.701. The van der Waals surface area contributed by atoms with Crippen molar-refractivity contribution < 1.29 is 4.79 Å². The summed E-state index contributed by atoms with van der Waals surface area (Å²) < 4.78 is 2.06. The zero-order chi connectivity index (χ0) is 15.5. The number of likely N-dealkylation sites (tertiary alicyclic amines) is 1. The minimum atomic E-state index is -0.163. The molecule has 22 heavy (non-hydrogen) atoms. The van der Waals surface area contributed by atoms with E-state index in [4.69, 9.17) is 5.73 Å². The predicted octanol–water partition coefficient (Wildman–Crippen LogP) is 1.44. The highest BCUT2D eigenvalue weighted by Crippen LogP contribution is 2.33. The maximum absolute atomic E-state index is 11.3. The molecule has 122 valence electrons. The lowest BCUT2D eigenvalue weighted by molar-refractivity contribution is -0.123. The molecule has 0 spiro atoms. The molecule has 3 rings (SSSR count). The van der Waals surface area contributed by atoms with E-state index < -0.39 is 0 Å². The second-order valence-electron chi connectivity index (χ2n) is 6.56. The van der Waals surface area contributed by atoms with Crippen LogP contribution in [0.1, 0.15) is 69.8 Å². The van der Waals surface area contributed by atoms with Gasteiger partial charge in [0, 0.05) is 5.92 Å². The van der Waals surface area contributed by atoms with Crippen LogP contribution < -0.4 is 5.73 Å². The Labute approximate surface area is 131 Å². The van der Waals surface area contributed by atoms with Crippen LogP contribution in [-0.4, -0.2) is 44.1 Å². The van der Waals surface area contributed by atoms with Crippen molar-refractivity contribution in [2.75, 3.05) is 13.1 Å². The van der Waals surface area contributed by atoms with E-state index in [0.717, 1.165) is 38.2 Å². The van der Waals surface area contributed by atoms with E-state index >= 15 is 0 Å². The molecular weight excluding hydrogens is 280 g/mol. The number of tetrazole rings is 1. The summed E-state index contributed by atoms with van der Waals surface area (Å²) in [5, 5.41) is 12.5. The quantitative estimate of drug-likeness (QED) is 0.889. The molecule has 2 N–H and O–H groups in total. The molecule has 7 nitrogen and oxygen atoms in total. The standard InChI is InChI=1S/C15H26N6O/c1-2-13(20-9-7-11(8-10-20)14(16)22)15-17-18-19-21(15)12-5-3-4-6-12/h11-13H,2-10H2,1H3,(H2,16,22)/t13-/m1/s1. The summed E-state index contributed by atoms with van der Waals surface area (Å²) in [4.78, 5) is 13.7. The van der Waals surface area contributed by atoms with E-state index in [-0.39, 0.29) is 17.9 Å². The molecule has 1 aromatic heterocycles. The number of hydrogen-bond acceptors (Lipinski definition) is 5. The fourth-order valence-electron chi connectivity index (χ4n) is 3.93. The highest BCUT2D eigenvalue weighted by molar-refractivity contribution is 5.76. The molecule has 1 amide bonds. The zero-order valence-electron chi connectivity index (χ0n) is 13.3. The van der Waals surface area contributed by atoms with Crippen LogP contribution in [0.25, 0.3) is 0 Å². The minimum Gasteiger partial charge on any atom is -0.369 e. The van der Waals surface area contributed by atoms with Crippen LogP contribution in [0.4, 0.5) is 0 Å². The first-order valence-electron chi connectivity index (χ1n) is 8.51. The van der Waals surface area contributed by atoms with Gasteiger partial charge in [-0.25, -0.2) is 4.68 Å². The Morgan fingerprint density at radius 3 is 2.55 bits per heavy atom. The molecule has 7 heteroatoms. The van der Waals surface area contributed by atoms with Crippen LogP contribution in [-0.2, 0) is 4.79 Å². The van der Waals surface area contributed by atoms with Gasteiger partial charge in [0.1, 0.15) is 0 Å². The number of nitrogens with zero attached hydrogens (tertiary/aromatic N) is 5. The van der Waals surface area contributed by atoms with Gasteiger partial charge < -0.3 is 5.73 Å². The van der Waals surface area contributed by atoms with Gasteiger partial charge in [-0.1, -0.05) is 19.8 Å². The molecular formula is C15H26N6O. The van der Waals surface area contributed by atoms with Gasteiger partial charge in [-0.15, -0.1) is 5.10 Å². The third-order valence-electron chi connectivity index (χ3n) is 5.25. The summed E-state index contributed by atoms with van der Waals surface area (Å²) in [5.74, 6) is 0.856. The molecule has 0 radical (unpaired) electrons. The van der Waals surface area contributed by atoms with E-state index in [1.807, 2.05) is 0 Å². The Morgan fingerprint density at radius 1 is 1.27 bits per heavy atom. The maximum Gasteiger partial charge on any atom is 0.220 e. The first kappa shape index (κ1) is 15.4. The Morgan fingerprint density at radius 2 is 1.95 bits per heavy atom. The zero-order valence-corrected chi connectivity index (χ0v) is 13.3. The van der Waals surface area contributed by atoms with Gasteiger partial charge in [0.05, 0.1) is 12.1 Å². The number of carbonyl (C=O) groups is 1. The fraction of sp³-hybridized carbons (Fsp3) is 0.867. The topological polar surface area (TPSA) is 89.9 Å². The summed E-state index contributed by atoms with van der Waals surface area (Å²) in [7, 11) is 0. The smallest absolute Gasteiger partial charge is 0.220 e. The van der Waals surface area contributed by atoms with Gasteiger partial charge in [0.2, 0.25) is 5.91 Å². The van der Waals surface area contributed by atoms with Crippen molar-refractivity contribution in [3.63, 3.8) is 0 Å². The van der Waals surface area contributed by atoms with Crippen LogP contribution in [0.3, 0.4) is 0 Å². The van der Waals surface area contributed by atoms with Crippen LogP contribution in [0, 0.1) is 5.92 Å². The molecule has 0 bridgehead atoms. The van der Waals surface area contributed by atoms with Crippen LogP contribution in [0.5, 0.6) is 0 Å². The molecule has 2 aliphatic rings. The molecule has 1 aliphatic carbocycles. The van der Waals surface area contributed by atoms with Crippen molar-refractivity contribution in [1.29, 1.82) is 0 Å². The molecule has 1 atom stereocenters. The normalized spacial score (nSPS) is 23.0. The third-order valence-corrected chi connectivity index (χ3v) is 5.25. The lowest BCUT2D eigenvalue weighted by Crippen LogP contribution is -2.41. The first-order valence-corrected chi connectivity index (χ1v) is 8.51. The van der Waals surface area contributed by atoms with Gasteiger partial charge in [0.25, 0.3) is 0 Å².